The van der Waals surface area contributed by atoms with Gasteiger partial charge in [-0.1, -0.05) is 30.3 Å². The van der Waals surface area contributed by atoms with Gasteiger partial charge in [0.1, 0.15) is 5.76 Å². The Bertz CT molecular complexity index is 670. The van der Waals surface area contributed by atoms with E-state index in [1.54, 1.807) is 18.4 Å². The van der Waals surface area contributed by atoms with Crippen LogP contribution in [0.4, 0.5) is 4.79 Å². The van der Waals surface area contributed by atoms with Crippen molar-refractivity contribution in [2.75, 3.05) is 19.6 Å². The molecule has 24 heavy (non-hydrogen) atoms. The van der Waals surface area contributed by atoms with Crippen LogP contribution >= 0.6 is 0 Å². The maximum Gasteiger partial charge on any atom is 0.315 e. The standard InChI is InChI=1S/C18H21N3O3/c22-17(12-20-18(23)19-11-16-7-4-10-24-16)21-9-8-15(13-21)14-5-2-1-3-6-14/h1-7,10,15H,8-9,11-13H2,(H2,19,20,23). The number of hydrogen-bond acceptors (Lipinski definition) is 3. The van der Waals surface area contributed by atoms with Crippen LogP contribution in [0.2, 0.25) is 0 Å². The zero-order valence-electron chi connectivity index (χ0n) is 13.4. The molecule has 3 amide bonds. The minimum atomic E-state index is -0.376. The summed E-state index contributed by atoms with van der Waals surface area (Å²) in [6, 6.07) is 13.4. The van der Waals surface area contributed by atoms with Crippen LogP contribution in [0, 0.1) is 0 Å². The third-order valence-electron chi connectivity index (χ3n) is 4.22. The quantitative estimate of drug-likeness (QED) is 0.883. The van der Waals surface area contributed by atoms with E-state index in [1.165, 1.54) is 5.56 Å². The molecule has 0 bridgehead atoms. The Morgan fingerprint density at radius 1 is 1.12 bits per heavy atom. The van der Waals surface area contributed by atoms with Crippen LogP contribution in [-0.2, 0) is 11.3 Å². The Balaban J connectivity index is 1.40. The van der Waals surface area contributed by atoms with Gasteiger partial charge < -0.3 is 20.0 Å². The first-order chi connectivity index (χ1) is 11.7. The largest absolute Gasteiger partial charge is 0.467 e. The number of nitrogens with one attached hydrogen (secondary N) is 2. The van der Waals surface area contributed by atoms with Gasteiger partial charge in [-0.3, -0.25) is 4.79 Å². The maximum atomic E-state index is 12.2. The minimum Gasteiger partial charge on any atom is -0.467 e. The second-order valence-electron chi connectivity index (χ2n) is 5.85. The van der Waals surface area contributed by atoms with Crippen molar-refractivity contribution < 1.29 is 14.0 Å². The Hall–Kier alpha value is -2.76. The summed E-state index contributed by atoms with van der Waals surface area (Å²) >= 11 is 0. The van der Waals surface area contributed by atoms with Gasteiger partial charge in [0.05, 0.1) is 19.4 Å². The van der Waals surface area contributed by atoms with Crippen molar-refractivity contribution in [1.82, 2.24) is 15.5 Å². The van der Waals surface area contributed by atoms with E-state index in [2.05, 4.69) is 22.8 Å². The molecule has 6 nitrogen and oxygen atoms in total. The van der Waals surface area contributed by atoms with Gasteiger partial charge in [0, 0.05) is 19.0 Å². The third kappa shape index (κ3) is 4.16. The Morgan fingerprint density at radius 3 is 2.71 bits per heavy atom. The molecule has 0 spiro atoms. The number of hydrogen-bond donors (Lipinski definition) is 2. The Labute approximate surface area is 140 Å². The number of likely N-dealkylation sites (tertiary alicyclic amines) is 1. The highest BCUT2D eigenvalue weighted by atomic mass is 16.3. The number of urea groups is 1. The van der Waals surface area contributed by atoms with Crippen molar-refractivity contribution >= 4 is 11.9 Å². The monoisotopic (exact) mass is 327 g/mol. The van der Waals surface area contributed by atoms with Gasteiger partial charge in [-0.05, 0) is 24.1 Å². The number of furan rings is 1. The minimum absolute atomic E-state index is 0.00545. The number of amides is 3. The van der Waals surface area contributed by atoms with Gasteiger partial charge in [-0.15, -0.1) is 0 Å². The van der Waals surface area contributed by atoms with Crippen molar-refractivity contribution in [1.29, 1.82) is 0 Å². The predicted molar refractivity (Wildman–Crippen MR) is 89.3 cm³/mol. The molecule has 0 aliphatic carbocycles. The summed E-state index contributed by atoms with van der Waals surface area (Å²) in [5.74, 6) is 0.992. The Morgan fingerprint density at radius 2 is 1.96 bits per heavy atom. The van der Waals surface area contributed by atoms with E-state index < -0.39 is 0 Å². The van der Waals surface area contributed by atoms with Crippen molar-refractivity contribution in [3.63, 3.8) is 0 Å². The van der Waals surface area contributed by atoms with E-state index in [0.29, 0.717) is 24.8 Å². The molecule has 1 fully saturated rings. The van der Waals surface area contributed by atoms with Gasteiger partial charge in [-0.25, -0.2) is 4.79 Å². The topological polar surface area (TPSA) is 74.6 Å². The molecule has 2 aromatic rings. The van der Waals surface area contributed by atoms with Crippen LogP contribution < -0.4 is 10.6 Å². The van der Waals surface area contributed by atoms with Gasteiger partial charge >= 0.3 is 6.03 Å². The van der Waals surface area contributed by atoms with E-state index in [1.807, 2.05) is 23.1 Å². The lowest BCUT2D eigenvalue weighted by Gasteiger charge is -2.17. The summed E-state index contributed by atoms with van der Waals surface area (Å²) in [7, 11) is 0. The van der Waals surface area contributed by atoms with Crippen molar-refractivity contribution in [2.45, 2.75) is 18.9 Å². The van der Waals surface area contributed by atoms with E-state index in [4.69, 9.17) is 4.42 Å². The number of rotatable bonds is 5. The fraction of sp³-hybridized carbons (Fsp3) is 0.333. The molecular weight excluding hydrogens is 306 g/mol. The molecule has 2 heterocycles. The van der Waals surface area contributed by atoms with Crippen LogP contribution in [0.15, 0.2) is 53.1 Å². The summed E-state index contributed by atoms with van der Waals surface area (Å²) < 4.78 is 5.13. The fourth-order valence-corrected chi connectivity index (χ4v) is 2.89. The lowest BCUT2D eigenvalue weighted by atomic mass is 9.99. The first-order valence-electron chi connectivity index (χ1n) is 8.09. The Kier molecular flexibility index (Phi) is 5.15. The van der Waals surface area contributed by atoms with Crippen molar-refractivity contribution in [2.24, 2.45) is 0 Å². The smallest absolute Gasteiger partial charge is 0.315 e. The van der Waals surface area contributed by atoms with Crippen LogP contribution in [0.25, 0.3) is 0 Å². The van der Waals surface area contributed by atoms with Crippen LogP contribution in [0.3, 0.4) is 0 Å². The molecule has 1 aromatic carbocycles. The molecule has 1 aromatic heterocycles. The van der Waals surface area contributed by atoms with Gasteiger partial charge in [-0.2, -0.15) is 0 Å². The van der Waals surface area contributed by atoms with Crippen LogP contribution in [-0.4, -0.2) is 36.5 Å². The first kappa shape index (κ1) is 16.1. The second-order valence-corrected chi connectivity index (χ2v) is 5.85. The summed E-state index contributed by atoms with van der Waals surface area (Å²) in [6.45, 7) is 1.74. The van der Waals surface area contributed by atoms with Crippen molar-refractivity contribution in [3.8, 4) is 0 Å². The third-order valence-corrected chi connectivity index (χ3v) is 4.22. The second kappa shape index (κ2) is 7.68. The molecule has 126 valence electrons. The molecule has 3 rings (SSSR count). The molecule has 1 aliphatic rings. The lowest BCUT2D eigenvalue weighted by Crippen LogP contribution is -2.42. The molecule has 1 unspecified atom stereocenters. The lowest BCUT2D eigenvalue weighted by molar-refractivity contribution is -0.129. The maximum absolute atomic E-state index is 12.2. The molecule has 2 N–H and O–H groups in total. The van der Waals surface area contributed by atoms with Crippen LogP contribution in [0.1, 0.15) is 23.7 Å². The molecule has 1 saturated heterocycles. The van der Waals surface area contributed by atoms with Gasteiger partial charge in [0.2, 0.25) is 5.91 Å². The summed E-state index contributed by atoms with van der Waals surface area (Å²) in [4.78, 5) is 25.7. The normalized spacial score (nSPS) is 16.8. The highest BCUT2D eigenvalue weighted by molar-refractivity contribution is 5.84. The molecule has 1 atom stereocenters. The molecule has 0 radical (unpaired) electrons. The molecule has 6 heteroatoms. The molecule has 0 saturated carbocycles. The predicted octanol–water partition coefficient (Wildman–Crippen LogP) is 2.09. The van der Waals surface area contributed by atoms with Crippen molar-refractivity contribution in [3.05, 3.63) is 60.1 Å². The fourth-order valence-electron chi connectivity index (χ4n) is 2.89. The van der Waals surface area contributed by atoms with Crippen LogP contribution in [0.5, 0.6) is 0 Å². The number of carbonyl (C=O) groups excluding carboxylic acids is 2. The number of carbonyl (C=O) groups is 2. The van der Waals surface area contributed by atoms with E-state index >= 15 is 0 Å². The summed E-state index contributed by atoms with van der Waals surface area (Å²) in [6.07, 6.45) is 2.51. The number of nitrogens with zero attached hydrogens (tertiary/aromatic N) is 1. The highest BCUT2D eigenvalue weighted by Gasteiger charge is 2.27. The summed E-state index contributed by atoms with van der Waals surface area (Å²) in [5, 5.41) is 5.24. The summed E-state index contributed by atoms with van der Waals surface area (Å²) in [5.41, 5.74) is 1.26. The van der Waals surface area contributed by atoms with Gasteiger partial charge in [0.15, 0.2) is 0 Å². The molecule has 1 aliphatic heterocycles. The van der Waals surface area contributed by atoms with E-state index in [-0.39, 0.29) is 18.5 Å². The SMILES string of the molecule is O=C(NCC(=O)N1CCC(c2ccccc2)C1)NCc1ccco1. The number of benzene rings is 1. The average molecular weight is 327 g/mol. The zero-order chi connectivity index (χ0) is 16.8. The zero-order valence-corrected chi connectivity index (χ0v) is 13.4. The average Bonchev–Trinajstić information content (AvgIpc) is 3.30. The molecular formula is C18H21N3O3. The van der Waals surface area contributed by atoms with Gasteiger partial charge in [0.25, 0.3) is 0 Å². The van der Waals surface area contributed by atoms with E-state index in [9.17, 15) is 9.59 Å². The highest BCUT2D eigenvalue weighted by Crippen LogP contribution is 2.26. The first-order valence-corrected chi connectivity index (χ1v) is 8.09. The van der Waals surface area contributed by atoms with E-state index in [0.717, 1.165) is 13.0 Å².